The quantitative estimate of drug-likeness (QED) is 0.871. The number of benzene rings is 2. The van der Waals surface area contributed by atoms with Gasteiger partial charge in [0, 0.05) is 12.5 Å². The Bertz CT molecular complexity index is 542. The molecule has 0 saturated heterocycles. The van der Waals surface area contributed by atoms with Crippen LogP contribution in [-0.4, -0.2) is 20.7 Å². The number of hydrogen-bond donors (Lipinski definition) is 1. The highest BCUT2D eigenvalue weighted by atomic mass is 19.1. The smallest absolute Gasteiger partial charge is 0.123 e. The van der Waals surface area contributed by atoms with Crippen LogP contribution in [-0.2, 0) is 6.42 Å². The molecule has 0 fully saturated rings. The second-order valence-corrected chi connectivity index (χ2v) is 4.83. The molecule has 1 N–H and O–H groups in total. The number of nitrogens with one attached hydrogen (secondary N) is 1. The van der Waals surface area contributed by atoms with Crippen LogP contribution in [0.15, 0.2) is 48.5 Å². The van der Waals surface area contributed by atoms with Gasteiger partial charge < -0.3 is 10.1 Å². The Morgan fingerprint density at radius 3 is 2.55 bits per heavy atom. The van der Waals surface area contributed by atoms with Crippen molar-refractivity contribution in [3.63, 3.8) is 0 Å². The van der Waals surface area contributed by atoms with E-state index in [1.165, 1.54) is 11.6 Å². The van der Waals surface area contributed by atoms with Gasteiger partial charge in [0.15, 0.2) is 0 Å². The van der Waals surface area contributed by atoms with E-state index in [0.717, 1.165) is 24.3 Å². The van der Waals surface area contributed by atoms with Gasteiger partial charge in [0.2, 0.25) is 0 Å². The van der Waals surface area contributed by atoms with Gasteiger partial charge in [-0.1, -0.05) is 30.3 Å². The molecule has 2 nitrogen and oxygen atoms in total. The van der Waals surface area contributed by atoms with Crippen LogP contribution in [0.3, 0.4) is 0 Å². The van der Waals surface area contributed by atoms with Gasteiger partial charge in [-0.3, -0.25) is 0 Å². The molecule has 106 valence electrons. The van der Waals surface area contributed by atoms with Crippen molar-refractivity contribution < 1.29 is 9.13 Å². The zero-order valence-electron chi connectivity index (χ0n) is 11.9. The van der Waals surface area contributed by atoms with Crippen LogP contribution in [0.4, 0.5) is 4.39 Å². The first-order valence-corrected chi connectivity index (χ1v) is 6.76. The number of hydrogen-bond acceptors (Lipinski definition) is 2. The van der Waals surface area contributed by atoms with E-state index in [0.29, 0.717) is 0 Å². The summed E-state index contributed by atoms with van der Waals surface area (Å²) < 4.78 is 18.8. The Morgan fingerprint density at radius 2 is 1.90 bits per heavy atom. The number of ether oxygens (including phenoxy) is 1. The van der Waals surface area contributed by atoms with Crippen molar-refractivity contribution >= 4 is 0 Å². The van der Waals surface area contributed by atoms with Crippen molar-refractivity contribution in [2.45, 2.75) is 12.3 Å². The summed E-state index contributed by atoms with van der Waals surface area (Å²) in [5.74, 6) is 0.803. The maximum atomic E-state index is 13.5. The van der Waals surface area contributed by atoms with Crippen LogP contribution >= 0.6 is 0 Å². The molecule has 0 heterocycles. The van der Waals surface area contributed by atoms with Crippen molar-refractivity contribution in [2.75, 3.05) is 20.7 Å². The molecule has 2 aromatic rings. The van der Waals surface area contributed by atoms with Gasteiger partial charge in [-0.2, -0.15) is 0 Å². The Hall–Kier alpha value is -1.87. The normalized spacial score (nSPS) is 12.2. The third kappa shape index (κ3) is 3.58. The van der Waals surface area contributed by atoms with E-state index in [1.807, 2.05) is 25.2 Å². The van der Waals surface area contributed by atoms with Gasteiger partial charge in [0.25, 0.3) is 0 Å². The molecule has 1 unspecified atom stereocenters. The monoisotopic (exact) mass is 273 g/mol. The highest BCUT2D eigenvalue weighted by molar-refractivity contribution is 5.36. The minimum absolute atomic E-state index is 0.225. The van der Waals surface area contributed by atoms with Gasteiger partial charge in [-0.05, 0) is 42.8 Å². The molecule has 0 saturated carbocycles. The van der Waals surface area contributed by atoms with Crippen molar-refractivity contribution in [2.24, 2.45) is 0 Å². The maximum Gasteiger partial charge on any atom is 0.123 e. The van der Waals surface area contributed by atoms with Gasteiger partial charge in [0.05, 0.1) is 7.11 Å². The fourth-order valence-corrected chi connectivity index (χ4v) is 2.45. The first-order valence-electron chi connectivity index (χ1n) is 6.76. The largest absolute Gasteiger partial charge is 0.496 e. The summed E-state index contributed by atoms with van der Waals surface area (Å²) in [4.78, 5) is 0. The molecule has 20 heavy (non-hydrogen) atoms. The highest BCUT2D eigenvalue weighted by Crippen LogP contribution is 2.27. The molecule has 0 amide bonds. The minimum Gasteiger partial charge on any atom is -0.496 e. The lowest BCUT2D eigenvalue weighted by Crippen LogP contribution is -2.19. The van der Waals surface area contributed by atoms with Crippen molar-refractivity contribution in [1.29, 1.82) is 0 Å². The standard InChI is InChI=1S/C17H20FNO/c1-19-12-15(13-6-4-3-5-7-13)10-14-11-16(18)8-9-17(14)20-2/h3-9,11,15,19H,10,12H2,1-2H3. The third-order valence-corrected chi connectivity index (χ3v) is 3.43. The van der Waals surface area contributed by atoms with Crippen LogP contribution in [0, 0.1) is 5.82 Å². The zero-order chi connectivity index (χ0) is 14.4. The van der Waals surface area contributed by atoms with Gasteiger partial charge in [-0.15, -0.1) is 0 Å². The van der Waals surface area contributed by atoms with Crippen LogP contribution in [0.25, 0.3) is 0 Å². The summed E-state index contributed by atoms with van der Waals surface area (Å²) in [5.41, 5.74) is 2.14. The molecule has 2 aromatic carbocycles. The van der Waals surface area contributed by atoms with Crippen LogP contribution in [0.2, 0.25) is 0 Å². The fraction of sp³-hybridized carbons (Fsp3) is 0.294. The van der Waals surface area contributed by atoms with Crippen molar-refractivity contribution in [3.05, 3.63) is 65.5 Å². The average molecular weight is 273 g/mol. The lowest BCUT2D eigenvalue weighted by Gasteiger charge is -2.18. The Balaban J connectivity index is 2.26. The zero-order valence-corrected chi connectivity index (χ0v) is 11.9. The van der Waals surface area contributed by atoms with E-state index in [9.17, 15) is 4.39 Å². The number of methoxy groups -OCH3 is 1. The summed E-state index contributed by atoms with van der Waals surface area (Å²) in [7, 11) is 3.55. The van der Waals surface area contributed by atoms with E-state index in [2.05, 4.69) is 17.4 Å². The first kappa shape index (κ1) is 14.5. The van der Waals surface area contributed by atoms with Crippen LogP contribution in [0.1, 0.15) is 17.0 Å². The van der Waals surface area contributed by atoms with Crippen LogP contribution < -0.4 is 10.1 Å². The molecular formula is C17H20FNO. The molecule has 0 bridgehead atoms. The summed E-state index contributed by atoms with van der Waals surface area (Å²) >= 11 is 0. The van der Waals surface area contributed by atoms with E-state index in [4.69, 9.17) is 4.74 Å². The number of halogens is 1. The van der Waals surface area contributed by atoms with E-state index < -0.39 is 0 Å². The molecule has 0 aliphatic carbocycles. The molecule has 0 radical (unpaired) electrons. The Labute approximate surface area is 119 Å². The summed E-state index contributed by atoms with van der Waals surface area (Å²) in [6, 6.07) is 14.9. The number of likely N-dealkylation sites (N-methyl/N-ethyl adjacent to an activating group) is 1. The molecule has 3 heteroatoms. The summed E-state index contributed by atoms with van der Waals surface area (Å²) in [5, 5.41) is 3.20. The topological polar surface area (TPSA) is 21.3 Å². The molecule has 0 aromatic heterocycles. The van der Waals surface area contributed by atoms with Crippen LogP contribution in [0.5, 0.6) is 5.75 Å². The molecule has 1 atom stereocenters. The van der Waals surface area contributed by atoms with E-state index in [1.54, 1.807) is 19.2 Å². The fourth-order valence-electron chi connectivity index (χ4n) is 2.45. The SMILES string of the molecule is CNCC(Cc1cc(F)ccc1OC)c1ccccc1. The first-order chi connectivity index (χ1) is 9.74. The average Bonchev–Trinajstić information content (AvgIpc) is 2.48. The minimum atomic E-state index is -0.225. The molecule has 0 aliphatic rings. The molecule has 0 aliphatic heterocycles. The predicted molar refractivity (Wildman–Crippen MR) is 79.8 cm³/mol. The lowest BCUT2D eigenvalue weighted by molar-refractivity contribution is 0.406. The molecular weight excluding hydrogens is 253 g/mol. The number of rotatable bonds is 6. The Morgan fingerprint density at radius 1 is 1.15 bits per heavy atom. The molecule has 2 rings (SSSR count). The van der Waals surface area contributed by atoms with Gasteiger partial charge in [0.1, 0.15) is 11.6 Å². The second kappa shape index (κ2) is 7.06. The predicted octanol–water partition coefficient (Wildman–Crippen LogP) is 3.38. The summed E-state index contributed by atoms with van der Waals surface area (Å²) in [6.45, 7) is 0.837. The third-order valence-electron chi connectivity index (χ3n) is 3.43. The van der Waals surface area contributed by atoms with E-state index in [-0.39, 0.29) is 11.7 Å². The van der Waals surface area contributed by atoms with Gasteiger partial charge >= 0.3 is 0 Å². The van der Waals surface area contributed by atoms with E-state index >= 15 is 0 Å². The highest BCUT2D eigenvalue weighted by Gasteiger charge is 2.14. The Kier molecular flexibility index (Phi) is 5.13. The van der Waals surface area contributed by atoms with Crippen molar-refractivity contribution in [3.8, 4) is 5.75 Å². The van der Waals surface area contributed by atoms with Gasteiger partial charge in [-0.25, -0.2) is 4.39 Å². The molecule has 0 spiro atoms. The lowest BCUT2D eigenvalue weighted by atomic mass is 9.91. The second-order valence-electron chi connectivity index (χ2n) is 4.83. The van der Waals surface area contributed by atoms with Crippen molar-refractivity contribution in [1.82, 2.24) is 5.32 Å². The maximum absolute atomic E-state index is 13.5. The summed E-state index contributed by atoms with van der Waals surface area (Å²) in [6.07, 6.45) is 0.742.